The third-order valence-corrected chi connectivity index (χ3v) is 2.65. The van der Waals surface area contributed by atoms with Crippen LogP contribution >= 0.6 is 0 Å². The van der Waals surface area contributed by atoms with Crippen molar-refractivity contribution < 1.29 is 9.72 Å². The molecule has 0 aliphatic heterocycles. The predicted octanol–water partition coefficient (Wildman–Crippen LogP) is 2.69. The highest BCUT2D eigenvalue weighted by Crippen LogP contribution is 2.05. The molecule has 0 fully saturated rings. The van der Waals surface area contributed by atoms with Gasteiger partial charge in [0.15, 0.2) is 0 Å². The number of hydrogen-bond donors (Lipinski definition) is 0. The Morgan fingerprint density at radius 1 is 1.39 bits per heavy atom. The summed E-state index contributed by atoms with van der Waals surface area (Å²) in [6.45, 7) is 1.80. The molecule has 4 nitrogen and oxygen atoms in total. The molecule has 0 saturated heterocycles. The van der Waals surface area contributed by atoms with E-state index in [1.807, 2.05) is 0 Å². The maximum atomic E-state index is 10.6. The van der Waals surface area contributed by atoms with Crippen LogP contribution in [-0.4, -0.2) is 17.3 Å². The molecule has 1 rings (SSSR count). The molecular weight excluding hydrogens is 230 g/mol. The highest BCUT2D eigenvalue weighted by Gasteiger charge is 2.15. The van der Waals surface area contributed by atoms with Crippen LogP contribution in [0.5, 0.6) is 0 Å². The molecule has 0 aliphatic carbocycles. The fourth-order valence-corrected chi connectivity index (χ4v) is 1.51. The molecule has 1 unspecified atom stereocenters. The Bertz CT molecular complexity index is 468. The molecule has 0 radical (unpaired) electrons. The van der Waals surface area contributed by atoms with Crippen molar-refractivity contribution in [1.29, 1.82) is 0 Å². The van der Waals surface area contributed by atoms with Crippen molar-refractivity contribution in [2.75, 3.05) is 0 Å². The molecule has 0 N–H and O–H groups in total. The second-order valence-electron chi connectivity index (χ2n) is 3.93. The van der Waals surface area contributed by atoms with Gasteiger partial charge in [-0.2, -0.15) is 0 Å². The van der Waals surface area contributed by atoms with E-state index < -0.39 is 6.04 Å². The Morgan fingerprint density at radius 3 is 2.56 bits per heavy atom. The number of hydrogen-bond acceptors (Lipinski definition) is 3. The summed E-state index contributed by atoms with van der Waals surface area (Å²) in [5.41, 5.74) is 1.43. The molecule has 4 heteroatoms. The summed E-state index contributed by atoms with van der Waals surface area (Å²) in [4.78, 5) is 20.8. The van der Waals surface area contributed by atoms with Crippen molar-refractivity contribution in [3.8, 4) is 11.8 Å². The zero-order chi connectivity index (χ0) is 13.4. The molecule has 18 heavy (non-hydrogen) atoms. The van der Waals surface area contributed by atoms with Crippen LogP contribution in [0.15, 0.2) is 24.3 Å². The summed E-state index contributed by atoms with van der Waals surface area (Å²) in [5.74, 6) is 5.84. The first-order chi connectivity index (χ1) is 8.67. The smallest absolute Gasteiger partial charge is 0.213 e. The molecule has 0 aromatic heterocycles. The van der Waals surface area contributed by atoms with E-state index in [0.717, 1.165) is 11.8 Å². The Labute approximate surface area is 106 Å². The summed E-state index contributed by atoms with van der Waals surface area (Å²) >= 11 is 0. The summed E-state index contributed by atoms with van der Waals surface area (Å²) in [6.07, 6.45) is 2.29. The Hall–Kier alpha value is -2.15. The number of aldehydes is 1. The second-order valence-corrected chi connectivity index (χ2v) is 3.93. The molecule has 0 heterocycles. The quantitative estimate of drug-likeness (QED) is 0.347. The Morgan fingerprint density at radius 2 is 2.06 bits per heavy atom. The van der Waals surface area contributed by atoms with Gasteiger partial charge in [0, 0.05) is 35.3 Å². The van der Waals surface area contributed by atoms with Crippen LogP contribution in [0, 0.1) is 22.0 Å². The van der Waals surface area contributed by atoms with Crippen LogP contribution in [0.1, 0.15) is 42.1 Å². The van der Waals surface area contributed by atoms with E-state index in [4.69, 9.17) is 0 Å². The van der Waals surface area contributed by atoms with E-state index in [2.05, 4.69) is 11.8 Å². The lowest BCUT2D eigenvalue weighted by atomic mass is 10.1. The number of benzene rings is 1. The van der Waals surface area contributed by atoms with Crippen molar-refractivity contribution in [3.05, 3.63) is 45.5 Å². The van der Waals surface area contributed by atoms with Gasteiger partial charge in [0.05, 0.1) is 0 Å². The van der Waals surface area contributed by atoms with E-state index in [-0.39, 0.29) is 4.92 Å². The molecule has 1 aromatic carbocycles. The van der Waals surface area contributed by atoms with Gasteiger partial charge in [0.2, 0.25) is 6.04 Å². The third kappa shape index (κ3) is 4.38. The number of rotatable bonds is 5. The zero-order valence-electron chi connectivity index (χ0n) is 10.3. The molecule has 0 bridgehead atoms. The number of carbonyl (C=O) groups excluding carboxylic acids is 1. The van der Waals surface area contributed by atoms with Gasteiger partial charge < -0.3 is 0 Å². The molecule has 1 aromatic rings. The van der Waals surface area contributed by atoms with Crippen LogP contribution in [0.3, 0.4) is 0 Å². The summed E-state index contributed by atoms with van der Waals surface area (Å²) in [7, 11) is 0. The van der Waals surface area contributed by atoms with Gasteiger partial charge in [-0.05, 0) is 12.1 Å². The SMILES string of the molecule is CCC(CCC#Cc1ccc(C=O)cc1)[N+](=O)[O-]. The van der Waals surface area contributed by atoms with Crippen LogP contribution in [-0.2, 0) is 0 Å². The first-order valence-electron chi connectivity index (χ1n) is 5.85. The molecule has 0 spiro atoms. The maximum Gasteiger partial charge on any atom is 0.213 e. The first kappa shape index (κ1) is 13.9. The number of nitro groups is 1. The van der Waals surface area contributed by atoms with E-state index in [9.17, 15) is 14.9 Å². The minimum absolute atomic E-state index is 0.249. The molecule has 1 atom stereocenters. The monoisotopic (exact) mass is 245 g/mol. The van der Waals surface area contributed by atoms with Crippen molar-refractivity contribution in [2.45, 2.75) is 32.2 Å². The third-order valence-electron chi connectivity index (χ3n) is 2.65. The Balaban J connectivity index is 2.50. The highest BCUT2D eigenvalue weighted by atomic mass is 16.6. The predicted molar refractivity (Wildman–Crippen MR) is 69.0 cm³/mol. The van der Waals surface area contributed by atoms with Crippen LogP contribution in [0.25, 0.3) is 0 Å². The maximum absolute atomic E-state index is 10.6. The molecular formula is C14H15NO3. The molecule has 0 saturated carbocycles. The fraction of sp³-hybridized carbons (Fsp3) is 0.357. The van der Waals surface area contributed by atoms with E-state index in [0.29, 0.717) is 24.8 Å². The average molecular weight is 245 g/mol. The van der Waals surface area contributed by atoms with E-state index in [1.54, 1.807) is 31.2 Å². The lowest BCUT2D eigenvalue weighted by Gasteiger charge is -2.02. The highest BCUT2D eigenvalue weighted by molar-refractivity contribution is 5.74. The largest absolute Gasteiger partial charge is 0.298 e. The summed E-state index contributed by atoms with van der Waals surface area (Å²) < 4.78 is 0. The summed E-state index contributed by atoms with van der Waals surface area (Å²) in [6, 6.07) is 6.42. The van der Waals surface area contributed by atoms with Gasteiger partial charge in [0.1, 0.15) is 6.29 Å². The second kappa shape index (κ2) is 7.23. The van der Waals surface area contributed by atoms with Gasteiger partial charge in [0.25, 0.3) is 0 Å². The lowest BCUT2D eigenvalue weighted by molar-refractivity contribution is -0.523. The summed E-state index contributed by atoms with van der Waals surface area (Å²) in [5, 5.41) is 10.6. The molecule has 0 amide bonds. The number of nitrogens with zero attached hydrogens (tertiary/aromatic N) is 1. The van der Waals surface area contributed by atoms with Crippen molar-refractivity contribution in [1.82, 2.24) is 0 Å². The van der Waals surface area contributed by atoms with Gasteiger partial charge in [-0.25, -0.2) is 0 Å². The van der Waals surface area contributed by atoms with Crippen molar-refractivity contribution in [2.24, 2.45) is 0 Å². The van der Waals surface area contributed by atoms with E-state index in [1.165, 1.54) is 0 Å². The molecule has 94 valence electrons. The van der Waals surface area contributed by atoms with Gasteiger partial charge in [-0.3, -0.25) is 14.9 Å². The van der Waals surface area contributed by atoms with Gasteiger partial charge >= 0.3 is 0 Å². The number of carbonyl (C=O) groups is 1. The van der Waals surface area contributed by atoms with Gasteiger partial charge in [-0.1, -0.05) is 30.9 Å². The van der Waals surface area contributed by atoms with Crippen LogP contribution in [0.2, 0.25) is 0 Å². The zero-order valence-corrected chi connectivity index (χ0v) is 10.3. The van der Waals surface area contributed by atoms with E-state index >= 15 is 0 Å². The van der Waals surface area contributed by atoms with Crippen molar-refractivity contribution in [3.63, 3.8) is 0 Å². The Kier molecular flexibility index (Phi) is 5.59. The first-order valence-corrected chi connectivity index (χ1v) is 5.85. The van der Waals surface area contributed by atoms with Crippen molar-refractivity contribution >= 4 is 6.29 Å². The van der Waals surface area contributed by atoms with Crippen LogP contribution in [0.4, 0.5) is 0 Å². The van der Waals surface area contributed by atoms with Crippen LogP contribution < -0.4 is 0 Å². The minimum atomic E-state index is -0.503. The normalized spacial score (nSPS) is 11.2. The topological polar surface area (TPSA) is 60.2 Å². The average Bonchev–Trinajstić information content (AvgIpc) is 2.39. The molecule has 0 aliphatic rings. The lowest BCUT2D eigenvalue weighted by Crippen LogP contribution is -2.17. The minimum Gasteiger partial charge on any atom is -0.298 e. The standard InChI is InChI=1S/C14H15NO3/c1-2-14(15(17)18)6-4-3-5-12-7-9-13(11-16)10-8-12/h7-11,14H,2,4,6H2,1H3. The fourth-order valence-electron chi connectivity index (χ4n) is 1.51. The van der Waals surface area contributed by atoms with Gasteiger partial charge in [-0.15, -0.1) is 0 Å².